The predicted molar refractivity (Wildman–Crippen MR) is 121 cm³/mol. The van der Waals surface area contributed by atoms with Crippen LogP contribution in [-0.2, 0) is 0 Å². The number of amidine groups is 1. The second kappa shape index (κ2) is 8.42. The molecule has 1 aliphatic heterocycles. The normalized spacial score (nSPS) is 19.0. The molecule has 144 valence electrons. The van der Waals surface area contributed by atoms with Crippen LogP contribution < -0.4 is 16.1 Å². The van der Waals surface area contributed by atoms with Gasteiger partial charge in [0, 0.05) is 25.3 Å². The van der Waals surface area contributed by atoms with Gasteiger partial charge in [0.2, 0.25) is 0 Å². The van der Waals surface area contributed by atoms with E-state index in [1.165, 1.54) is 5.56 Å². The average Bonchev–Trinajstić information content (AvgIpc) is 3.17. The molecule has 9 heteroatoms. The van der Waals surface area contributed by atoms with Crippen molar-refractivity contribution in [3.8, 4) is 10.6 Å². The Hall–Kier alpha value is -2.23. The van der Waals surface area contributed by atoms with Crippen LogP contribution in [0.15, 0.2) is 64.0 Å². The smallest absolute Gasteiger partial charge is 0.178 e. The van der Waals surface area contributed by atoms with Crippen molar-refractivity contribution in [3.05, 3.63) is 60.2 Å². The van der Waals surface area contributed by atoms with E-state index in [-0.39, 0.29) is 10.6 Å². The van der Waals surface area contributed by atoms with E-state index in [2.05, 4.69) is 49.9 Å². The maximum absolute atomic E-state index is 5.98. The average molecular weight is 429 g/mol. The summed E-state index contributed by atoms with van der Waals surface area (Å²) in [6.45, 7) is 0. The van der Waals surface area contributed by atoms with Crippen LogP contribution in [0, 0.1) is 0 Å². The zero-order valence-electron chi connectivity index (χ0n) is 15.4. The number of benzene rings is 2. The van der Waals surface area contributed by atoms with Crippen molar-refractivity contribution in [2.24, 2.45) is 10.8 Å². The lowest BCUT2D eigenvalue weighted by atomic mass is 10.1. The molecule has 1 aromatic heterocycles. The number of rotatable bonds is 5. The first-order valence-corrected chi connectivity index (χ1v) is 11.3. The molecule has 4 rings (SSSR count). The molecule has 0 amide bonds. The Morgan fingerprint density at radius 1 is 1.04 bits per heavy atom. The van der Waals surface area contributed by atoms with Gasteiger partial charge in [-0.05, 0) is 17.7 Å². The second-order valence-electron chi connectivity index (χ2n) is 6.39. The molecule has 0 radical (unpaired) electrons. The first kappa shape index (κ1) is 19.1. The number of nitrogens with two attached hydrogens (primary N) is 1. The van der Waals surface area contributed by atoms with E-state index in [0.29, 0.717) is 5.17 Å². The number of hydrogen-bond acceptors (Lipinski definition) is 9. The van der Waals surface area contributed by atoms with Gasteiger partial charge in [-0.15, -0.1) is 10.2 Å². The monoisotopic (exact) mass is 428 g/mol. The van der Waals surface area contributed by atoms with Crippen molar-refractivity contribution in [2.75, 3.05) is 19.0 Å². The largest absolute Gasteiger partial charge is 0.378 e. The highest BCUT2D eigenvalue weighted by Crippen LogP contribution is 2.43. The minimum atomic E-state index is 0.0302. The molecule has 0 bridgehead atoms. The molecule has 0 unspecified atom stereocenters. The minimum Gasteiger partial charge on any atom is -0.378 e. The van der Waals surface area contributed by atoms with Crippen molar-refractivity contribution in [2.45, 2.75) is 15.0 Å². The molecule has 1 aliphatic rings. The number of anilines is 1. The van der Waals surface area contributed by atoms with E-state index in [1.807, 2.05) is 44.4 Å². The highest BCUT2D eigenvalue weighted by atomic mass is 32.2. The summed E-state index contributed by atoms with van der Waals surface area (Å²) in [7, 11) is 4.07. The van der Waals surface area contributed by atoms with Crippen molar-refractivity contribution in [1.29, 1.82) is 0 Å². The Morgan fingerprint density at radius 2 is 1.79 bits per heavy atom. The van der Waals surface area contributed by atoms with Gasteiger partial charge in [0.25, 0.3) is 0 Å². The molecular formula is C19H20N6S3. The highest BCUT2D eigenvalue weighted by molar-refractivity contribution is 8.25. The molecule has 0 aliphatic carbocycles. The van der Waals surface area contributed by atoms with Crippen LogP contribution in [0.2, 0.25) is 0 Å². The quantitative estimate of drug-likeness (QED) is 0.636. The van der Waals surface area contributed by atoms with Crippen LogP contribution in [0.4, 0.5) is 5.69 Å². The number of nitrogens with zero attached hydrogens (tertiary/aromatic N) is 4. The standard InChI is InChI=1S/C19H20N6S3/c1-25(2)14-10-8-12(9-11-14)15-17(27-18(20)23-21-15)28-19-24-22-16(26-19)13-6-4-3-5-7-13/h3-11,15,17,21H,1-2H3,(H2,20,23)/t15-,17+/m0/s1. The first-order chi connectivity index (χ1) is 13.6. The molecule has 3 N–H and O–H groups in total. The lowest BCUT2D eigenvalue weighted by Crippen LogP contribution is -2.33. The molecule has 0 fully saturated rings. The van der Waals surface area contributed by atoms with Gasteiger partial charge in [-0.1, -0.05) is 77.3 Å². The third kappa shape index (κ3) is 4.26. The Morgan fingerprint density at radius 3 is 2.50 bits per heavy atom. The van der Waals surface area contributed by atoms with E-state index in [9.17, 15) is 0 Å². The second-order valence-corrected chi connectivity index (χ2v) is 10.2. The molecule has 2 atom stereocenters. The van der Waals surface area contributed by atoms with Crippen LogP contribution in [0.25, 0.3) is 10.6 Å². The lowest BCUT2D eigenvalue weighted by molar-refractivity contribution is 0.592. The maximum atomic E-state index is 5.98. The lowest BCUT2D eigenvalue weighted by Gasteiger charge is -2.29. The molecule has 3 aromatic rings. The van der Waals surface area contributed by atoms with E-state index in [4.69, 9.17) is 5.73 Å². The Kier molecular flexibility index (Phi) is 5.74. The molecule has 0 saturated carbocycles. The van der Waals surface area contributed by atoms with Crippen LogP contribution in [0.5, 0.6) is 0 Å². The van der Waals surface area contributed by atoms with E-state index >= 15 is 0 Å². The summed E-state index contributed by atoms with van der Waals surface area (Å²) in [4.78, 5) is 2.08. The molecule has 0 saturated heterocycles. The highest BCUT2D eigenvalue weighted by Gasteiger charge is 2.30. The molecule has 2 aromatic carbocycles. The van der Waals surface area contributed by atoms with Gasteiger partial charge in [-0.25, -0.2) is 0 Å². The van der Waals surface area contributed by atoms with Crippen LogP contribution in [-0.4, -0.2) is 34.0 Å². The summed E-state index contributed by atoms with van der Waals surface area (Å²) >= 11 is 4.82. The van der Waals surface area contributed by atoms with Crippen molar-refractivity contribution in [1.82, 2.24) is 15.6 Å². The summed E-state index contributed by atoms with van der Waals surface area (Å²) in [5.41, 5.74) is 12.6. The third-order valence-corrected chi connectivity index (χ3v) is 7.74. The van der Waals surface area contributed by atoms with Crippen LogP contribution >= 0.6 is 34.9 Å². The summed E-state index contributed by atoms with van der Waals surface area (Å²) < 4.78 is 1.03. The van der Waals surface area contributed by atoms with Crippen molar-refractivity contribution in [3.63, 3.8) is 0 Å². The maximum Gasteiger partial charge on any atom is 0.178 e. The van der Waals surface area contributed by atoms with Crippen LogP contribution in [0.3, 0.4) is 0 Å². The van der Waals surface area contributed by atoms with Gasteiger partial charge < -0.3 is 10.6 Å². The van der Waals surface area contributed by atoms with Crippen LogP contribution in [0.1, 0.15) is 11.6 Å². The topological polar surface area (TPSA) is 79.4 Å². The number of thioether (sulfide) groups is 2. The fourth-order valence-corrected chi connectivity index (χ4v) is 6.37. The molecule has 0 spiro atoms. The number of hydrazone groups is 1. The first-order valence-electron chi connectivity index (χ1n) is 8.68. The number of aromatic nitrogens is 2. The van der Waals surface area contributed by atoms with E-state index < -0.39 is 0 Å². The third-order valence-electron chi connectivity index (χ3n) is 4.24. The summed E-state index contributed by atoms with van der Waals surface area (Å²) in [6.07, 6.45) is 0. The fraction of sp³-hybridized carbons (Fsp3) is 0.211. The van der Waals surface area contributed by atoms with Gasteiger partial charge in [0.05, 0.1) is 10.6 Å². The summed E-state index contributed by atoms with van der Waals surface area (Å²) in [6, 6.07) is 18.6. The van der Waals surface area contributed by atoms with Gasteiger partial charge in [0.1, 0.15) is 5.01 Å². The molecular weight excluding hydrogens is 408 g/mol. The molecule has 28 heavy (non-hydrogen) atoms. The predicted octanol–water partition coefficient (Wildman–Crippen LogP) is 4.00. The van der Waals surface area contributed by atoms with Gasteiger partial charge in [-0.3, -0.25) is 5.43 Å². The van der Waals surface area contributed by atoms with Crippen molar-refractivity contribution < 1.29 is 0 Å². The molecule has 6 nitrogen and oxygen atoms in total. The van der Waals surface area contributed by atoms with E-state index in [1.54, 1.807) is 34.9 Å². The SMILES string of the molecule is CN(C)c1ccc([C@@H]2NN=C(N)S[C@@H]2Sc2nnc(-c3ccccc3)s2)cc1. The number of nitrogens with one attached hydrogen (secondary N) is 1. The van der Waals surface area contributed by atoms with Gasteiger partial charge in [0.15, 0.2) is 9.51 Å². The van der Waals surface area contributed by atoms with Crippen molar-refractivity contribution >= 4 is 45.7 Å². The van der Waals surface area contributed by atoms with E-state index in [0.717, 1.165) is 20.6 Å². The Balaban J connectivity index is 1.54. The minimum absolute atomic E-state index is 0.0302. The van der Waals surface area contributed by atoms with Gasteiger partial charge >= 0.3 is 0 Å². The fourth-order valence-electron chi connectivity index (χ4n) is 2.77. The summed E-state index contributed by atoms with van der Waals surface area (Å²) in [5.74, 6) is 0. The number of hydrogen-bond donors (Lipinski definition) is 2. The van der Waals surface area contributed by atoms with Gasteiger partial charge in [-0.2, -0.15) is 5.10 Å². The summed E-state index contributed by atoms with van der Waals surface area (Å²) in [5, 5.41) is 14.4. The Bertz CT molecular complexity index is 955. The zero-order valence-corrected chi connectivity index (χ0v) is 17.9. The zero-order chi connectivity index (χ0) is 19.5. The molecule has 2 heterocycles. The Labute approximate surface area is 176 Å².